The Morgan fingerprint density at radius 2 is 1.86 bits per heavy atom. The smallest absolute Gasteiger partial charge is 0.356 e. The van der Waals surface area contributed by atoms with Gasteiger partial charge in [-0.25, -0.2) is 4.79 Å². The van der Waals surface area contributed by atoms with Gasteiger partial charge in [0.2, 0.25) is 6.10 Å². The van der Waals surface area contributed by atoms with E-state index in [4.69, 9.17) is 14.2 Å². The van der Waals surface area contributed by atoms with Crippen LogP contribution in [-0.4, -0.2) is 24.9 Å². The first-order valence-corrected chi connectivity index (χ1v) is 7.73. The van der Waals surface area contributed by atoms with E-state index in [2.05, 4.69) is 0 Å². The second kappa shape index (κ2) is 6.10. The van der Waals surface area contributed by atoms with Crippen LogP contribution in [0.2, 0.25) is 0 Å². The molecule has 1 aliphatic rings. The lowest BCUT2D eigenvalue weighted by Gasteiger charge is -2.24. The summed E-state index contributed by atoms with van der Waals surface area (Å²) in [5, 5.41) is 0. The Bertz CT molecular complexity index is 639. The standard InChI is InChI=1S/C16H14O4S/c1-21-12-8-6-11(7-9-12)19-16(17)15-10-18-13-4-2-3-5-14(13)20-15/h2-9,15H,10H2,1H3/t15-/m1/s1. The minimum absolute atomic E-state index is 0.152. The van der Waals surface area contributed by atoms with Gasteiger partial charge in [0.25, 0.3) is 0 Å². The van der Waals surface area contributed by atoms with E-state index in [-0.39, 0.29) is 6.61 Å². The van der Waals surface area contributed by atoms with Crippen LogP contribution in [0.25, 0.3) is 0 Å². The van der Waals surface area contributed by atoms with Crippen LogP contribution in [0, 0.1) is 0 Å². The van der Waals surface area contributed by atoms with Crippen LogP contribution in [0.3, 0.4) is 0 Å². The summed E-state index contributed by atoms with van der Waals surface area (Å²) in [6, 6.07) is 14.6. The molecule has 0 aromatic heterocycles. The SMILES string of the molecule is CSc1ccc(OC(=O)[C@H]2COc3ccccc3O2)cc1. The van der Waals surface area contributed by atoms with Gasteiger partial charge in [-0.05, 0) is 42.7 Å². The Labute approximate surface area is 127 Å². The maximum Gasteiger partial charge on any atom is 0.356 e. The molecule has 5 heteroatoms. The second-order valence-corrected chi connectivity index (χ2v) is 5.34. The summed E-state index contributed by atoms with van der Waals surface area (Å²) < 4.78 is 16.4. The molecule has 1 atom stereocenters. The average molecular weight is 302 g/mol. The van der Waals surface area contributed by atoms with E-state index >= 15 is 0 Å². The van der Waals surface area contributed by atoms with Crippen molar-refractivity contribution in [3.63, 3.8) is 0 Å². The molecule has 1 aliphatic heterocycles. The van der Waals surface area contributed by atoms with E-state index in [0.717, 1.165) is 4.90 Å². The molecule has 2 aromatic carbocycles. The number of ether oxygens (including phenoxy) is 3. The van der Waals surface area contributed by atoms with Gasteiger partial charge in [0.15, 0.2) is 11.5 Å². The Hall–Kier alpha value is -2.14. The Kier molecular flexibility index (Phi) is 4.01. The highest BCUT2D eigenvalue weighted by atomic mass is 32.2. The molecule has 0 spiro atoms. The van der Waals surface area contributed by atoms with Gasteiger partial charge in [-0.3, -0.25) is 0 Å². The van der Waals surface area contributed by atoms with E-state index < -0.39 is 12.1 Å². The number of carbonyl (C=O) groups is 1. The van der Waals surface area contributed by atoms with Gasteiger partial charge < -0.3 is 14.2 Å². The molecule has 0 N–H and O–H groups in total. The first-order chi connectivity index (χ1) is 10.3. The maximum atomic E-state index is 12.1. The fourth-order valence-corrected chi connectivity index (χ4v) is 2.37. The molecule has 0 saturated heterocycles. The zero-order chi connectivity index (χ0) is 14.7. The molecule has 0 unspecified atom stereocenters. The van der Waals surface area contributed by atoms with Crippen LogP contribution < -0.4 is 14.2 Å². The lowest BCUT2D eigenvalue weighted by molar-refractivity contribution is -0.144. The summed E-state index contributed by atoms with van der Waals surface area (Å²) in [5.41, 5.74) is 0. The first kappa shape index (κ1) is 13.8. The predicted molar refractivity (Wildman–Crippen MR) is 80.2 cm³/mol. The van der Waals surface area contributed by atoms with Crippen LogP contribution in [0.15, 0.2) is 53.4 Å². The third-order valence-electron chi connectivity index (χ3n) is 3.05. The fraction of sp³-hybridized carbons (Fsp3) is 0.188. The summed E-state index contributed by atoms with van der Waals surface area (Å²) in [7, 11) is 0. The lowest BCUT2D eigenvalue weighted by atomic mass is 10.2. The third-order valence-corrected chi connectivity index (χ3v) is 3.79. The number of carbonyl (C=O) groups excluding carboxylic acids is 1. The Balaban J connectivity index is 1.66. The molecule has 0 amide bonds. The zero-order valence-corrected chi connectivity index (χ0v) is 12.3. The molecule has 1 heterocycles. The van der Waals surface area contributed by atoms with E-state index in [9.17, 15) is 4.79 Å². The minimum atomic E-state index is -0.750. The van der Waals surface area contributed by atoms with E-state index in [0.29, 0.717) is 17.2 Å². The number of rotatable bonds is 3. The van der Waals surface area contributed by atoms with Gasteiger partial charge >= 0.3 is 5.97 Å². The highest BCUT2D eigenvalue weighted by molar-refractivity contribution is 7.98. The van der Waals surface area contributed by atoms with Gasteiger partial charge in [0, 0.05) is 4.90 Å². The molecule has 3 rings (SSSR count). The summed E-state index contributed by atoms with van der Waals surface area (Å²) >= 11 is 1.63. The highest BCUT2D eigenvalue weighted by Crippen LogP contribution is 2.31. The minimum Gasteiger partial charge on any atom is -0.485 e. The van der Waals surface area contributed by atoms with Crippen LogP contribution in [0.5, 0.6) is 17.2 Å². The molecule has 0 aliphatic carbocycles. The van der Waals surface area contributed by atoms with Crippen molar-refractivity contribution in [1.29, 1.82) is 0 Å². The van der Waals surface area contributed by atoms with Crippen LogP contribution >= 0.6 is 11.8 Å². The maximum absolute atomic E-state index is 12.1. The van der Waals surface area contributed by atoms with Crippen molar-refractivity contribution in [2.24, 2.45) is 0 Å². The number of hydrogen-bond acceptors (Lipinski definition) is 5. The second-order valence-electron chi connectivity index (χ2n) is 4.46. The van der Waals surface area contributed by atoms with Crippen molar-refractivity contribution in [2.45, 2.75) is 11.0 Å². The number of esters is 1. The van der Waals surface area contributed by atoms with Crippen molar-refractivity contribution >= 4 is 17.7 Å². The van der Waals surface area contributed by atoms with Crippen molar-refractivity contribution < 1.29 is 19.0 Å². The molecule has 0 saturated carbocycles. The first-order valence-electron chi connectivity index (χ1n) is 6.50. The van der Waals surface area contributed by atoms with Gasteiger partial charge in [0.05, 0.1) is 0 Å². The predicted octanol–water partition coefficient (Wildman–Crippen LogP) is 3.15. The largest absolute Gasteiger partial charge is 0.485 e. The van der Waals surface area contributed by atoms with Crippen molar-refractivity contribution in [2.75, 3.05) is 12.9 Å². The quantitative estimate of drug-likeness (QED) is 0.495. The number of fused-ring (bicyclic) bond motifs is 1. The molecular formula is C16H14O4S. The third kappa shape index (κ3) is 3.13. The van der Waals surface area contributed by atoms with Crippen LogP contribution in [0.1, 0.15) is 0 Å². The van der Waals surface area contributed by atoms with Gasteiger partial charge in [-0.1, -0.05) is 12.1 Å². The average Bonchev–Trinajstić information content (AvgIpc) is 2.55. The van der Waals surface area contributed by atoms with E-state index in [1.165, 1.54) is 0 Å². The van der Waals surface area contributed by atoms with E-state index in [1.807, 2.05) is 30.5 Å². The van der Waals surface area contributed by atoms with Gasteiger partial charge in [0.1, 0.15) is 12.4 Å². The zero-order valence-electron chi connectivity index (χ0n) is 11.4. The van der Waals surface area contributed by atoms with Crippen LogP contribution in [-0.2, 0) is 4.79 Å². The molecular weight excluding hydrogens is 288 g/mol. The fourth-order valence-electron chi connectivity index (χ4n) is 1.96. The molecule has 108 valence electrons. The molecule has 0 bridgehead atoms. The molecule has 4 nitrogen and oxygen atoms in total. The highest BCUT2D eigenvalue weighted by Gasteiger charge is 2.29. The normalized spacial score (nSPS) is 16.3. The summed E-state index contributed by atoms with van der Waals surface area (Å²) in [6.45, 7) is 0.152. The number of thioether (sulfide) groups is 1. The molecule has 0 radical (unpaired) electrons. The van der Waals surface area contributed by atoms with Crippen molar-refractivity contribution in [3.8, 4) is 17.2 Å². The van der Waals surface area contributed by atoms with E-state index in [1.54, 1.807) is 36.0 Å². The summed E-state index contributed by atoms with van der Waals surface area (Å²) in [5.74, 6) is 1.25. The molecule has 2 aromatic rings. The van der Waals surface area contributed by atoms with Gasteiger partial charge in [-0.15, -0.1) is 11.8 Å². The molecule has 0 fully saturated rings. The monoisotopic (exact) mass is 302 g/mol. The number of para-hydroxylation sites is 2. The van der Waals surface area contributed by atoms with Crippen LogP contribution in [0.4, 0.5) is 0 Å². The Morgan fingerprint density at radius 1 is 1.14 bits per heavy atom. The summed E-state index contributed by atoms with van der Waals surface area (Å²) in [4.78, 5) is 13.2. The summed E-state index contributed by atoms with van der Waals surface area (Å²) in [6.07, 6.45) is 1.24. The van der Waals surface area contributed by atoms with Gasteiger partial charge in [-0.2, -0.15) is 0 Å². The Morgan fingerprint density at radius 3 is 2.57 bits per heavy atom. The number of benzene rings is 2. The van der Waals surface area contributed by atoms with Crippen molar-refractivity contribution in [1.82, 2.24) is 0 Å². The molecule has 21 heavy (non-hydrogen) atoms. The number of hydrogen-bond donors (Lipinski definition) is 0. The van der Waals surface area contributed by atoms with Crippen molar-refractivity contribution in [3.05, 3.63) is 48.5 Å². The topological polar surface area (TPSA) is 44.8 Å². The lowest BCUT2D eigenvalue weighted by Crippen LogP contribution is -2.39.